The molecule has 0 saturated heterocycles. The van der Waals surface area contributed by atoms with Gasteiger partial charge in [-0.15, -0.1) is 11.3 Å². The molecular formula is C16H20BrFN2S. The largest absolute Gasteiger partial charge is 0.326 e. The number of benzene rings is 1. The van der Waals surface area contributed by atoms with E-state index in [1.807, 2.05) is 26.1 Å². The fraction of sp³-hybridized carbons (Fsp3) is 0.375. The molecule has 0 aliphatic rings. The van der Waals surface area contributed by atoms with Crippen LogP contribution in [-0.2, 0) is 6.54 Å². The van der Waals surface area contributed by atoms with Crippen LogP contribution < -0.4 is 5.73 Å². The van der Waals surface area contributed by atoms with Crippen molar-refractivity contribution in [2.24, 2.45) is 5.73 Å². The van der Waals surface area contributed by atoms with Crippen molar-refractivity contribution in [2.45, 2.75) is 32.0 Å². The van der Waals surface area contributed by atoms with Crippen LogP contribution in [0.15, 0.2) is 40.2 Å². The maximum Gasteiger partial charge on any atom is 0.128 e. The average Bonchev–Trinajstić information content (AvgIpc) is 2.86. The summed E-state index contributed by atoms with van der Waals surface area (Å²) in [5.74, 6) is -0.189. The Hall–Kier alpha value is -0.750. The predicted molar refractivity (Wildman–Crippen MR) is 90.9 cm³/mol. The summed E-state index contributed by atoms with van der Waals surface area (Å²) in [7, 11) is 2.00. The molecule has 21 heavy (non-hydrogen) atoms. The van der Waals surface area contributed by atoms with Gasteiger partial charge in [0.05, 0.1) is 6.04 Å². The van der Waals surface area contributed by atoms with Crippen molar-refractivity contribution in [3.8, 4) is 0 Å². The van der Waals surface area contributed by atoms with Crippen molar-refractivity contribution in [3.05, 3.63) is 56.4 Å². The fourth-order valence-corrected chi connectivity index (χ4v) is 4.03. The molecule has 0 aliphatic carbocycles. The van der Waals surface area contributed by atoms with Crippen molar-refractivity contribution in [1.82, 2.24) is 4.90 Å². The van der Waals surface area contributed by atoms with Gasteiger partial charge in [0.1, 0.15) is 5.82 Å². The summed E-state index contributed by atoms with van der Waals surface area (Å²) in [5, 5.41) is 2.06. The quantitative estimate of drug-likeness (QED) is 0.807. The van der Waals surface area contributed by atoms with Crippen LogP contribution in [-0.4, -0.2) is 18.0 Å². The Labute approximate surface area is 137 Å². The minimum absolute atomic E-state index is 0.102. The number of nitrogens with zero attached hydrogens (tertiary/aromatic N) is 1. The summed E-state index contributed by atoms with van der Waals surface area (Å²) in [6.45, 7) is 2.79. The Morgan fingerprint density at radius 3 is 2.67 bits per heavy atom. The van der Waals surface area contributed by atoms with E-state index in [2.05, 4.69) is 32.3 Å². The zero-order chi connectivity index (χ0) is 15.4. The third kappa shape index (κ3) is 4.13. The second-order valence-corrected chi connectivity index (χ2v) is 7.10. The summed E-state index contributed by atoms with van der Waals surface area (Å²) in [5.41, 5.74) is 6.93. The predicted octanol–water partition coefficient (Wildman–Crippen LogP) is 4.56. The minimum atomic E-state index is -0.189. The highest BCUT2D eigenvalue weighted by molar-refractivity contribution is 9.10. The van der Waals surface area contributed by atoms with Crippen molar-refractivity contribution in [2.75, 3.05) is 7.05 Å². The first kappa shape index (κ1) is 16.6. The molecule has 0 fully saturated rings. The first-order chi connectivity index (χ1) is 10.0. The molecule has 2 atom stereocenters. The lowest BCUT2D eigenvalue weighted by Crippen LogP contribution is -2.38. The van der Waals surface area contributed by atoms with Gasteiger partial charge in [-0.05, 0) is 41.5 Å². The highest BCUT2D eigenvalue weighted by Gasteiger charge is 2.25. The van der Waals surface area contributed by atoms with Crippen LogP contribution in [0.5, 0.6) is 0 Å². The van der Waals surface area contributed by atoms with E-state index in [0.29, 0.717) is 5.56 Å². The molecule has 2 aromatic rings. The molecule has 1 aromatic carbocycles. The van der Waals surface area contributed by atoms with E-state index >= 15 is 0 Å². The van der Waals surface area contributed by atoms with Gasteiger partial charge < -0.3 is 5.73 Å². The smallest absolute Gasteiger partial charge is 0.128 e. The SMILES string of the molecule is CCC(N)C(c1ccccc1F)N(C)Cc1cc(Br)cs1. The molecule has 2 N–H and O–H groups in total. The number of rotatable bonds is 6. The van der Waals surface area contributed by atoms with Gasteiger partial charge >= 0.3 is 0 Å². The molecular weight excluding hydrogens is 351 g/mol. The lowest BCUT2D eigenvalue weighted by Gasteiger charge is -2.32. The zero-order valence-electron chi connectivity index (χ0n) is 12.2. The van der Waals surface area contributed by atoms with Gasteiger partial charge in [0.15, 0.2) is 0 Å². The normalized spacial score (nSPS) is 14.4. The summed E-state index contributed by atoms with van der Waals surface area (Å²) in [6, 6.07) is 8.77. The molecule has 0 bridgehead atoms. The van der Waals surface area contributed by atoms with Crippen molar-refractivity contribution < 1.29 is 4.39 Å². The molecule has 2 rings (SSSR count). The number of thiophene rings is 1. The van der Waals surface area contributed by atoms with E-state index in [4.69, 9.17) is 5.73 Å². The first-order valence-electron chi connectivity index (χ1n) is 6.96. The van der Waals surface area contributed by atoms with Gasteiger partial charge in [-0.3, -0.25) is 4.90 Å². The summed E-state index contributed by atoms with van der Waals surface area (Å²) < 4.78 is 15.2. The Kier molecular flexibility index (Phi) is 5.93. The van der Waals surface area contributed by atoms with Gasteiger partial charge in [-0.1, -0.05) is 25.1 Å². The molecule has 1 aromatic heterocycles. The highest BCUT2D eigenvalue weighted by Crippen LogP contribution is 2.29. The maximum absolute atomic E-state index is 14.2. The van der Waals surface area contributed by atoms with Gasteiger partial charge in [0, 0.05) is 32.9 Å². The standard InChI is InChI=1S/C16H20BrFN2S/c1-3-15(19)16(13-6-4-5-7-14(13)18)20(2)9-12-8-11(17)10-21-12/h4-8,10,15-16H,3,9,19H2,1-2H3. The molecule has 0 amide bonds. The van der Waals surface area contributed by atoms with E-state index < -0.39 is 0 Å². The van der Waals surface area contributed by atoms with E-state index in [1.165, 1.54) is 10.9 Å². The van der Waals surface area contributed by atoms with Gasteiger partial charge in [-0.2, -0.15) is 0 Å². The van der Waals surface area contributed by atoms with E-state index in [9.17, 15) is 4.39 Å². The number of halogens is 2. The van der Waals surface area contributed by atoms with Gasteiger partial charge in [-0.25, -0.2) is 4.39 Å². The lowest BCUT2D eigenvalue weighted by atomic mass is 9.96. The molecule has 0 aliphatic heterocycles. The van der Waals surface area contributed by atoms with Crippen LogP contribution in [0.1, 0.15) is 29.8 Å². The van der Waals surface area contributed by atoms with Gasteiger partial charge in [0.2, 0.25) is 0 Å². The molecule has 114 valence electrons. The maximum atomic E-state index is 14.2. The van der Waals surface area contributed by atoms with Crippen LogP contribution in [0.25, 0.3) is 0 Å². The molecule has 2 unspecified atom stereocenters. The summed E-state index contributed by atoms with van der Waals surface area (Å²) in [6.07, 6.45) is 0.803. The van der Waals surface area contributed by atoms with Crippen LogP contribution in [0, 0.1) is 5.82 Å². The fourth-order valence-electron chi connectivity index (χ4n) is 2.51. The van der Waals surface area contributed by atoms with Crippen LogP contribution in [0.2, 0.25) is 0 Å². The van der Waals surface area contributed by atoms with Gasteiger partial charge in [0.25, 0.3) is 0 Å². The number of hydrogen-bond acceptors (Lipinski definition) is 3. The summed E-state index contributed by atoms with van der Waals surface area (Å²) >= 11 is 5.16. The second kappa shape index (κ2) is 7.49. The van der Waals surface area contributed by atoms with Crippen LogP contribution in [0.4, 0.5) is 4.39 Å². The number of hydrogen-bond donors (Lipinski definition) is 1. The molecule has 1 heterocycles. The molecule has 0 saturated carbocycles. The Morgan fingerprint density at radius 2 is 2.10 bits per heavy atom. The molecule has 0 radical (unpaired) electrons. The van der Waals surface area contributed by atoms with E-state index in [1.54, 1.807) is 17.4 Å². The van der Waals surface area contributed by atoms with Crippen LogP contribution >= 0.6 is 27.3 Å². The van der Waals surface area contributed by atoms with E-state index in [-0.39, 0.29) is 17.9 Å². The summed E-state index contributed by atoms with van der Waals surface area (Å²) in [4.78, 5) is 3.36. The number of nitrogens with two attached hydrogens (primary N) is 1. The Balaban J connectivity index is 2.25. The molecule has 0 spiro atoms. The Morgan fingerprint density at radius 1 is 1.38 bits per heavy atom. The minimum Gasteiger partial charge on any atom is -0.326 e. The first-order valence-corrected chi connectivity index (χ1v) is 8.63. The van der Waals surface area contributed by atoms with Crippen molar-refractivity contribution in [1.29, 1.82) is 0 Å². The van der Waals surface area contributed by atoms with Crippen LogP contribution in [0.3, 0.4) is 0 Å². The zero-order valence-corrected chi connectivity index (χ0v) is 14.6. The third-order valence-corrected chi connectivity index (χ3v) is 5.29. The average molecular weight is 371 g/mol. The van der Waals surface area contributed by atoms with E-state index in [0.717, 1.165) is 17.4 Å². The van der Waals surface area contributed by atoms with Crippen molar-refractivity contribution in [3.63, 3.8) is 0 Å². The Bertz CT molecular complexity index is 587. The van der Waals surface area contributed by atoms with Crippen molar-refractivity contribution >= 4 is 27.3 Å². The third-order valence-electron chi connectivity index (χ3n) is 3.60. The highest BCUT2D eigenvalue weighted by atomic mass is 79.9. The topological polar surface area (TPSA) is 29.3 Å². The number of likely N-dealkylation sites (N-methyl/N-ethyl adjacent to an activating group) is 1. The molecule has 5 heteroatoms. The monoisotopic (exact) mass is 370 g/mol. The molecule has 2 nitrogen and oxygen atoms in total. The lowest BCUT2D eigenvalue weighted by molar-refractivity contribution is 0.199. The second-order valence-electron chi connectivity index (χ2n) is 5.18.